The van der Waals surface area contributed by atoms with E-state index >= 15 is 0 Å². The van der Waals surface area contributed by atoms with Crippen LogP contribution in [0.25, 0.3) is 0 Å². The van der Waals surface area contributed by atoms with Gasteiger partial charge >= 0.3 is 0 Å². The van der Waals surface area contributed by atoms with Crippen molar-refractivity contribution in [2.24, 2.45) is 0 Å². The molecule has 0 aromatic heterocycles. The molecule has 4 heteroatoms. The number of carbonyl (C=O) groups excluding carboxylic acids is 1. The zero-order valence-corrected chi connectivity index (χ0v) is 12.3. The van der Waals surface area contributed by atoms with E-state index in [1.807, 2.05) is 33.8 Å². The molecule has 106 valence electrons. The van der Waals surface area contributed by atoms with Crippen LogP contribution in [0, 0.1) is 13.8 Å². The first-order valence-electron chi connectivity index (χ1n) is 6.35. The summed E-state index contributed by atoms with van der Waals surface area (Å²) >= 11 is 0. The summed E-state index contributed by atoms with van der Waals surface area (Å²) < 4.78 is 5.46. The lowest BCUT2D eigenvalue weighted by atomic mass is 9.80. The highest BCUT2D eigenvalue weighted by atomic mass is 16.5. The highest BCUT2D eigenvalue weighted by Gasteiger charge is 2.27. The Morgan fingerprint density at radius 1 is 1.37 bits per heavy atom. The summed E-state index contributed by atoms with van der Waals surface area (Å²) in [5.74, 6) is 0.470. The number of ether oxygens (including phenoxy) is 1. The number of nitrogens with one attached hydrogen (secondary N) is 1. The molecular weight excluding hydrogens is 242 g/mol. The fourth-order valence-corrected chi connectivity index (χ4v) is 2.42. The number of carbonyl (C=O) groups is 1. The molecule has 0 aliphatic carbocycles. The second-order valence-electron chi connectivity index (χ2n) is 5.48. The van der Waals surface area contributed by atoms with Crippen molar-refractivity contribution in [3.63, 3.8) is 0 Å². The van der Waals surface area contributed by atoms with Crippen molar-refractivity contribution in [3.05, 3.63) is 28.8 Å². The second kappa shape index (κ2) is 6.06. The zero-order valence-electron chi connectivity index (χ0n) is 12.3. The van der Waals surface area contributed by atoms with Crippen LogP contribution in [-0.4, -0.2) is 31.3 Å². The van der Waals surface area contributed by atoms with E-state index in [0.29, 0.717) is 6.54 Å². The lowest BCUT2D eigenvalue weighted by Crippen LogP contribution is -2.38. The molecule has 0 spiro atoms. The molecule has 1 aromatic rings. The Bertz CT molecular complexity index is 467. The number of rotatable bonds is 5. The molecule has 0 saturated heterocycles. The van der Waals surface area contributed by atoms with E-state index < -0.39 is 6.61 Å². The molecule has 0 bridgehead atoms. The van der Waals surface area contributed by atoms with Crippen LogP contribution in [-0.2, 0) is 10.2 Å². The SMILES string of the molecule is COc1cc(C)cc(C)c1C(C)(C)CNC(=O)CO. The number of methoxy groups -OCH3 is 1. The van der Waals surface area contributed by atoms with Crippen molar-refractivity contribution in [2.45, 2.75) is 33.1 Å². The van der Waals surface area contributed by atoms with Crippen molar-refractivity contribution >= 4 is 5.91 Å². The molecule has 1 amide bonds. The van der Waals surface area contributed by atoms with Gasteiger partial charge in [-0.15, -0.1) is 0 Å². The van der Waals surface area contributed by atoms with E-state index in [1.165, 1.54) is 0 Å². The molecule has 0 radical (unpaired) electrons. The van der Waals surface area contributed by atoms with Gasteiger partial charge in [0, 0.05) is 17.5 Å². The third-order valence-corrected chi connectivity index (χ3v) is 3.21. The predicted molar refractivity (Wildman–Crippen MR) is 75.6 cm³/mol. The predicted octanol–water partition coefficient (Wildman–Crippen LogP) is 1.70. The van der Waals surface area contributed by atoms with Gasteiger partial charge in [0.2, 0.25) is 5.91 Å². The number of aliphatic hydroxyl groups is 1. The fraction of sp³-hybridized carbons (Fsp3) is 0.533. The molecule has 0 heterocycles. The number of hydrogen-bond acceptors (Lipinski definition) is 3. The first-order valence-corrected chi connectivity index (χ1v) is 6.35. The van der Waals surface area contributed by atoms with Gasteiger partial charge in [0.25, 0.3) is 0 Å². The summed E-state index contributed by atoms with van der Waals surface area (Å²) in [6.45, 7) is 8.13. The van der Waals surface area contributed by atoms with Crippen LogP contribution in [0.5, 0.6) is 5.75 Å². The van der Waals surface area contributed by atoms with E-state index in [-0.39, 0.29) is 11.3 Å². The van der Waals surface area contributed by atoms with E-state index in [0.717, 1.165) is 22.4 Å². The van der Waals surface area contributed by atoms with Gasteiger partial charge in [0.15, 0.2) is 0 Å². The van der Waals surface area contributed by atoms with Crippen molar-refractivity contribution < 1.29 is 14.6 Å². The average Bonchev–Trinajstić information content (AvgIpc) is 2.34. The number of amides is 1. The van der Waals surface area contributed by atoms with Crippen LogP contribution < -0.4 is 10.1 Å². The lowest BCUT2D eigenvalue weighted by molar-refractivity contribution is -0.124. The standard InChI is InChI=1S/C15H23NO3/c1-10-6-11(2)14(12(7-10)19-5)15(3,4)9-16-13(18)8-17/h6-7,17H,8-9H2,1-5H3,(H,16,18). The quantitative estimate of drug-likeness (QED) is 0.852. The molecule has 1 aromatic carbocycles. The van der Waals surface area contributed by atoms with Crippen molar-refractivity contribution in [3.8, 4) is 5.75 Å². The van der Waals surface area contributed by atoms with Crippen molar-refractivity contribution in [2.75, 3.05) is 20.3 Å². The Morgan fingerprint density at radius 2 is 2.00 bits per heavy atom. The van der Waals surface area contributed by atoms with E-state index in [2.05, 4.69) is 11.4 Å². The topological polar surface area (TPSA) is 58.6 Å². The van der Waals surface area contributed by atoms with Crippen molar-refractivity contribution in [1.82, 2.24) is 5.32 Å². The van der Waals surface area contributed by atoms with E-state index in [9.17, 15) is 4.79 Å². The minimum Gasteiger partial charge on any atom is -0.496 e. The van der Waals surface area contributed by atoms with Crippen LogP contribution in [0.3, 0.4) is 0 Å². The van der Waals surface area contributed by atoms with Gasteiger partial charge in [-0.2, -0.15) is 0 Å². The Hall–Kier alpha value is -1.55. The first kappa shape index (κ1) is 15.5. The fourth-order valence-electron chi connectivity index (χ4n) is 2.42. The maximum Gasteiger partial charge on any atom is 0.245 e. The van der Waals surface area contributed by atoms with Crippen molar-refractivity contribution in [1.29, 1.82) is 0 Å². The monoisotopic (exact) mass is 265 g/mol. The summed E-state index contributed by atoms with van der Waals surface area (Å²) in [7, 11) is 1.65. The molecule has 0 fully saturated rings. The molecule has 4 nitrogen and oxygen atoms in total. The molecule has 0 atom stereocenters. The molecule has 1 rings (SSSR count). The van der Waals surface area contributed by atoms with E-state index in [1.54, 1.807) is 7.11 Å². The number of hydrogen-bond donors (Lipinski definition) is 2. The van der Waals surface area contributed by atoms with Crippen LogP contribution >= 0.6 is 0 Å². The maximum atomic E-state index is 11.2. The molecule has 0 aliphatic heterocycles. The Kier molecular flexibility index (Phi) is 4.95. The summed E-state index contributed by atoms with van der Waals surface area (Å²) in [6.07, 6.45) is 0. The zero-order chi connectivity index (χ0) is 14.6. The van der Waals surface area contributed by atoms with Gasteiger partial charge in [0.05, 0.1) is 7.11 Å². The smallest absolute Gasteiger partial charge is 0.245 e. The summed E-state index contributed by atoms with van der Waals surface area (Å²) in [4.78, 5) is 11.2. The van der Waals surface area contributed by atoms with Crippen LogP contribution in [0.2, 0.25) is 0 Å². The van der Waals surface area contributed by atoms with Gasteiger partial charge in [-0.05, 0) is 31.0 Å². The third kappa shape index (κ3) is 3.70. The average molecular weight is 265 g/mol. The second-order valence-corrected chi connectivity index (χ2v) is 5.48. The number of benzene rings is 1. The van der Waals surface area contributed by atoms with Gasteiger partial charge in [-0.3, -0.25) is 4.79 Å². The maximum absolute atomic E-state index is 11.2. The molecule has 0 unspecified atom stereocenters. The van der Waals surface area contributed by atoms with Crippen LogP contribution in [0.15, 0.2) is 12.1 Å². The largest absolute Gasteiger partial charge is 0.496 e. The number of aryl methyl sites for hydroxylation is 2. The summed E-state index contributed by atoms with van der Waals surface area (Å²) in [5, 5.41) is 11.5. The molecule has 0 saturated carbocycles. The molecule has 0 aliphatic rings. The molecular formula is C15H23NO3. The Morgan fingerprint density at radius 3 is 2.53 bits per heavy atom. The Balaban J connectivity index is 3.09. The van der Waals surface area contributed by atoms with E-state index in [4.69, 9.17) is 9.84 Å². The minimum absolute atomic E-state index is 0.270. The van der Waals surface area contributed by atoms with Crippen LogP contribution in [0.1, 0.15) is 30.5 Å². The minimum atomic E-state index is -0.486. The van der Waals surface area contributed by atoms with Crippen LogP contribution in [0.4, 0.5) is 0 Å². The highest BCUT2D eigenvalue weighted by Crippen LogP contribution is 2.35. The lowest BCUT2D eigenvalue weighted by Gasteiger charge is -2.29. The van der Waals surface area contributed by atoms with Gasteiger partial charge in [-0.1, -0.05) is 19.9 Å². The van der Waals surface area contributed by atoms with Gasteiger partial charge in [-0.25, -0.2) is 0 Å². The van der Waals surface area contributed by atoms with Gasteiger partial charge in [0.1, 0.15) is 12.4 Å². The summed E-state index contributed by atoms with van der Waals surface area (Å²) in [5.41, 5.74) is 3.10. The Labute approximate surface area is 114 Å². The highest BCUT2D eigenvalue weighted by molar-refractivity contribution is 5.77. The first-order chi connectivity index (χ1) is 8.81. The third-order valence-electron chi connectivity index (χ3n) is 3.21. The molecule has 19 heavy (non-hydrogen) atoms. The number of aliphatic hydroxyl groups excluding tert-OH is 1. The van der Waals surface area contributed by atoms with Gasteiger partial charge < -0.3 is 15.2 Å². The molecule has 2 N–H and O–H groups in total. The normalized spacial score (nSPS) is 11.3. The summed E-state index contributed by atoms with van der Waals surface area (Å²) in [6, 6.07) is 4.10.